The van der Waals surface area contributed by atoms with Gasteiger partial charge in [0.1, 0.15) is 5.82 Å². The minimum Gasteiger partial charge on any atom is -0.355 e. The summed E-state index contributed by atoms with van der Waals surface area (Å²) in [6.45, 7) is 12.8. The van der Waals surface area contributed by atoms with E-state index in [1.165, 1.54) is 5.52 Å². The van der Waals surface area contributed by atoms with Gasteiger partial charge in [-0.1, -0.05) is 19.1 Å². The van der Waals surface area contributed by atoms with Crippen LogP contribution >= 0.6 is 24.0 Å². The normalized spacial score (nSPS) is 20.9. The number of halogens is 1. The molecule has 1 aromatic carbocycles. The van der Waals surface area contributed by atoms with Gasteiger partial charge >= 0.3 is 0 Å². The fraction of sp³-hybridized carbons (Fsp3) is 0.600. The number of nitrogens with one attached hydrogen (secondary N) is 2. The average molecular weight is 484 g/mol. The molecule has 1 saturated heterocycles. The molecule has 27 heavy (non-hydrogen) atoms. The second-order valence-corrected chi connectivity index (χ2v) is 7.57. The molecule has 0 saturated carbocycles. The fourth-order valence-corrected chi connectivity index (χ4v) is 3.75. The van der Waals surface area contributed by atoms with Gasteiger partial charge < -0.3 is 15.2 Å². The molecule has 0 amide bonds. The van der Waals surface area contributed by atoms with Crippen molar-refractivity contribution in [2.75, 3.05) is 26.7 Å². The van der Waals surface area contributed by atoms with Gasteiger partial charge in [0.25, 0.3) is 0 Å². The van der Waals surface area contributed by atoms with Crippen molar-refractivity contribution in [3.05, 3.63) is 30.1 Å². The predicted octanol–water partition coefficient (Wildman–Crippen LogP) is 2.86. The van der Waals surface area contributed by atoms with Crippen LogP contribution in [0.3, 0.4) is 0 Å². The first-order chi connectivity index (χ1) is 12.5. The smallest absolute Gasteiger partial charge is 0.191 e. The van der Waals surface area contributed by atoms with E-state index in [1.807, 2.05) is 13.1 Å². The van der Waals surface area contributed by atoms with Crippen molar-refractivity contribution >= 4 is 41.0 Å². The van der Waals surface area contributed by atoms with Crippen LogP contribution in [0.1, 0.15) is 26.6 Å². The molecular weight excluding hydrogens is 451 g/mol. The number of rotatable bonds is 5. The molecule has 1 fully saturated rings. The fourth-order valence-electron chi connectivity index (χ4n) is 3.75. The number of hydrogen-bond donors (Lipinski definition) is 2. The van der Waals surface area contributed by atoms with Gasteiger partial charge in [-0.2, -0.15) is 0 Å². The predicted molar refractivity (Wildman–Crippen MR) is 124 cm³/mol. The third-order valence-corrected chi connectivity index (χ3v) is 5.39. The second kappa shape index (κ2) is 9.73. The first kappa shape index (κ1) is 21.9. The quantitative estimate of drug-likeness (QED) is 0.390. The van der Waals surface area contributed by atoms with E-state index in [-0.39, 0.29) is 24.0 Å². The van der Waals surface area contributed by atoms with E-state index >= 15 is 0 Å². The van der Waals surface area contributed by atoms with Gasteiger partial charge in [-0.15, -0.1) is 24.0 Å². The van der Waals surface area contributed by atoms with Gasteiger partial charge in [0, 0.05) is 45.3 Å². The summed E-state index contributed by atoms with van der Waals surface area (Å²) >= 11 is 0. The van der Waals surface area contributed by atoms with Crippen molar-refractivity contribution in [1.82, 2.24) is 25.1 Å². The van der Waals surface area contributed by atoms with Gasteiger partial charge in [0.2, 0.25) is 0 Å². The van der Waals surface area contributed by atoms with Crippen molar-refractivity contribution in [2.45, 2.75) is 46.3 Å². The maximum Gasteiger partial charge on any atom is 0.191 e. The van der Waals surface area contributed by atoms with Crippen molar-refractivity contribution in [2.24, 2.45) is 10.9 Å². The van der Waals surface area contributed by atoms with E-state index in [4.69, 9.17) is 0 Å². The Morgan fingerprint density at radius 1 is 1.30 bits per heavy atom. The summed E-state index contributed by atoms with van der Waals surface area (Å²) in [6.07, 6.45) is 0. The highest BCUT2D eigenvalue weighted by Crippen LogP contribution is 2.18. The van der Waals surface area contributed by atoms with Crippen LogP contribution in [0.5, 0.6) is 0 Å². The number of aromatic nitrogens is 2. The third-order valence-electron chi connectivity index (χ3n) is 5.39. The third kappa shape index (κ3) is 5.13. The van der Waals surface area contributed by atoms with Gasteiger partial charge in [-0.25, -0.2) is 4.98 Å². The van der Waals surface area contributed by atoms with Crippen LogP contribution in [-0.2, 0) is 6.54 Å². The summed E-state index contributed by atoms with van der Waals surface area (Å²) in [7, 11) is 1.84. The lowest BCUT2D eigenvalue weighted by atomic mass is 10.1. The maximum absolute atomic E-state index is 4.63. The zero-order chi connectivity index (χ0) is 18.7. The largest absolute Gasteiger partial charge is 0.355 e. The average Bonchev–Trinajstić information content (AvgIpc) is 3.14. The molecule has 0 spiro atoms. The highest BCUT2D eigenvalue weighted by atomic mass is 127. The number of imidazole rings is 1. The molecule has 6 nitrogen and oxygen atoms in total. The molecule has 0 aliphatic carbocycles. The number of nitrogens with zero attached hydrogens (tertiary/aromatic N) is 4. The summed E-state index contributed by atoms with van der Waals surface area (Å²) in [5.74, 6) is 2.55. The summed E-state index contributed by atoms with van der Waals surface area (Å²) in [5, 5.41) is 7.07. The van der Waals surface area contributed by atoms with Crippen molar-refractivity contribution in [1.29, 1.82) is 0 Å². The molecule has 2 unspecified atom stereocenters. The number of para-hydroxylation sites is 2. The minimum atomic E-state index is 0. The molecule has 1 aromatic heterocycles. The number of aryl methyl sites for hydroxylation is 1. The van der Waals surface area contributed by atoms with Crippen LogP contribution in [-0.4, -0.2) is 59.2 Å². The monoisotopic (exact) mass is 484 g/mol. The maximum atomic E-state index is 4.63. The minimum absolute atomic E-state index is 0. The Balaban J connectivity index is 0.00000261. The van der Waals surface area contributed by atoms with E-state index in [0.717, 1.165) is 43.5 Å². The molecule has 150 valence electrons. The number of guanidine groups is 1. The molecule has 3 rings (SSSR count). The van der Waals surface area contributed by atoms with Crippen molar-refractivity contribution in [3.63, 3.8) is 0 Å². The highest BCUT2D eigenvalue weighted by molar-refractivity contribution is 14.0. The molecule has 0 bridgehead atoms. The summed E-state index contributed by atoms with van der Waals surface area (Å²) in [6, 6.07) is 9.33. The highest BCUT2D eigenvalue weighted by Gasteiger charge is 2.31. The topological polar surface area (TPSA) is 57.5 Å². The summed E-state index contributed by atoms with van der Waals surface area (Å²) < 4.78 is 2.26. The SMILES string of the molecule is CN=C(NCCn1c(C)nc2ccccc21)NC1CN(C(C)C)CC1C.I. The van der Waals surface area contributed by atoms with Gasteiger partial charge in [0.15, 0.2) is 5.96 Å². The van der Waals surface area contributed by atoms with Crippen LogP contribution in [0, 0.1) is 12.8 Å². The molecular formula is C20H33IN6. The number of fused-ring (bicyclic) bond motifs is 1. The molecule has 2 heterocycles. The Morgan fingerprint density at radius 2 is 2.04 bits per heavy atom. The van der Waals surface area contributed by atoms with E-state index in [9.17, 15) is 0 Å². The van der Waals surface area contributed by atoms with E-state index in [0.29, 0.717) is 18.0 Å². The zero-order valence-corrected chi connectivity index (χ0v) is 19.4. The summed E-state index contributed by atoms with van der Waals surface area (Å²) in [4.78, 5) is 11.6. The Labute approximate surface area is 179 Å². The van der Waals surface area contributed by atoms with E-state index in [1.54, 1.807) is 0 Å². The lowest BCUT2D eigenvalue weighted by Crippen LogP contribution is -2.47. The van der Waals surface area contributed by atoms with Crippen LogP contribution < -0.4 is 10.6 Å². The van der Waals surface area contributed by atoms with Crippen molar-refractivity contribution < 1.29 is 0 Å². The molecule has 2 aromatic rings. The van der Waals surface area contributed by atoms with Crippen LogP contribution in [0.4, 0.5) is 0 Å². The van der Waals surface area contributed by atoms with E-state index in [2.05, 4.69) is 76.0 Å². The van der Waals surface area contributed by atoms with Gasteiger partial charge in [0.05, 0.1) is 11.0 Å². The number of benzene rings is 1. The zero-order valence-electron chi connectivity index (χ0n) is 17.1. The van der Waals surface area contributed by atoms with Gasteiger partial charge in [-0.05, 0) is 38.8 Å². The first-order valence-corrected chi connectivity index (χ1v) is 9.62. The number of hydrogen-bond acceptors (Lipinski definition) is 3. The van der Waals surface area contributed by atoms with Gasteiger partial charge in [-0.3, -0.25) is 9.89 Å². The lowest BCUT2D eigenvalue weighted by molar-refractivity contribution is 0.265. The molecule has 1 aliphatic heterocycles. The Kier molecular flexibility index (Phi) is 7.91. The molecule has 2 atom stereocenters. The van der Waals surface area contributed by atoms with Crippen LogP contribution in [0.25, 0.3) is 11.0 Å². The van der Waals surface area contributed by atoms with Crippen LogP contribution in [0.15, 0.2) is 29.3 Å². The van der Waals surface area contributed by atoms with Crippen molar-refractivity contribution in [3.8, 4) is 0 Å². The molecule has 0 radical (unpaired) electrons. The van der Waals surface area contributed by atoms with E-state index < -0.39 is 0 Å². The Morgan fingerprint density at radius 3 is 2.70 bits per heavy atom. The van der Waals surface area contributed by atoms with Crippen LogP contribution in [0.2, 0.25) is 0 Å². The first-order valence-electron chi connectivity index (χ1n) is 9.62. The second-order valence-electron chi connectivity index (χ2n) is 7.57. The standard InChI is InChI=1S/C20H32N6.HI/c1-14(2)25-12-15(3)18(13-25)24-20(21-5)22-10-11-26-16(4)23-17-8-6-7-9-19(17)26;/h6-9,14-15,18H,10-13H2,1-5H3,(H2,21,22,24);1H. The molecule has 2 N–H and O–H groups in total. The number of likely N-dealkylation sites (tertiary alicyclic amines) is 1. The number of aliphatic imine (C=N–C) groups is 1. The summed E-state index contributed by atoms with van der Waals surface area (Å²) in [5.41, 5.74) is 2.24. The lowest BCUT2D eigenvalue weighted by Gasteiger charge is -2.22. The Hall–Kier alpha value is -1.35. The molecule has 1 aliphatic rings. The Bertz CT molecular complexity index is 769. The molecule has 7 heteroatoms.